The van der Waals surface area contributed by atoms with E-state index in [1.807, 2.05) is 27.0 Å². The summed E-state index contributed by atoms with van der Waals surface area (Å²) in [4.78, 5) is 16.4. The Morgan fingerprint density at radius 2 is 2.19 bits per heavy atom. The third kappa shape index (κ3) is 3.81. The van der Waals surface area contributed by atoms with Crippen LogP contribution < -0.4 is 11.1 Å². The zero-order valence-corrected chi connectivity index (χ0v) is 12.6. The molecule has 0 spiro atoms. The summed E-state index contributed by atoms with van der Waals surface area (Å²) in [5.74, 6) is 0.473. The smallest absolute Gasteiger partial charge is 0.251 e. The molecule has 0 aliphatic carbocycles. The maximum Gasteiger partial charge on any atom is 0.251 e. The molecule has 2 aromatic rings. The van der Waals surface area contributed by atoms with Gasteiger partial charge in [0.05, 0.1) is 0 Å². The van der Waals surface area contributed by atoms with Crippen molar-refractivity contribution in [2.24, 2.45) is 7.05 Å². The van der Waals surface area contributed by atoms with E-state index in [0.717, 1.165) is 17.8 Å². The second-order valence-electron chi connectivity index (χ2n) is 5.31. The maximum atomic E-state index is 12.2. The van der Waals surface area contributed by atoms with Crippen LogP contribution in [-0.4, -0.2) is 27.2 Å². The average Bonchev–Trinajstić information content (AvgIpc) is 2.83. The lowest BCUT2D eigenvalue weighted by Gasteiger charge is -2.10. The minimum Gasteiger partial charge on any atom is -0.384 e. The summed E-state index contributed by atoms with van der Waals surface area (Å²) >= 11 is 0. The molecule has 0 atom stereocenters. The third-order valence-corrected chi connectivity index (χ3v) is 3.31. The Morgan fingerprint density at radius 3 is 2.81 bits per heavy atom. The summed E-state index contributed by atoms with van der Waals surface area (Å²) in [6.45, 7) is 4.59. The highest BCUT2D eigenvalue weighted by Crippen LogP contribution is 2.15. The van der Waals surface area contributed by atoms with Crippen LogP contribution in [0.3, 0.4) is 0 Å². The number of rotatable bonds is 5. The van der Waals surface area contributed by atoms with Crippen LogP contribution in [-0.2, 0) is 13.5 Å². The van der Waals surface area contributed by atoms with Gasteiger partial charge in [0.25, 0.3) is 5.91 Å². The fraction of sp³-hybridized carbons (Fsp3) is 0.400. The van der Waals surface area contributed by atoms with Crippen LogP contribution in [0, 0.1) is 0 Å². The fourth-order valence-electron chi connectivity index (χ4n) is 2.05. The molecule has 0 radical (unpaired) electrons. The number of nitrogens with zero attached hydrogens (tertiary/aromatic N) is 3. The Kier molecular flexibility index (Phi) is 4.57. The van der Waals surface area contributed by atoms with Crippen molar-refractivity contribution < 1.29 is 4.79 Å². The second-order valence-corrected chi connectivity index (χ2v) is 5.31. The van der Waals surface area contributed by atoms with E-state index in [9.17, 15) is 4.79 Å². The van der Waals surface area contributed by atoms with Crippen molar-refractivity contribution in [3.05, 3.63) is 41.3 Å². The number of hydrogen-bond donors (Lipinski definition) is 2. The van der Waals surface area contributed by atoms with Crippen LogP contribution >= 0.6 is 0 Å². The molecule has 0 unspecified atom stereocenters. The Bertz CT molecular complexity index is 633. The Balaban J connectivity index is 1.98. The van der Waals surface area contributed by atoms with Crippen molar-refractivity contribution in [3.8, 4) is 0 Å². The Labute approximate surface area is 124 Å². The number of hydrogen-bond acceptors (Lipinski definition) is 4. The quantitative estimate of drug-likeness (QED) is 0.872. The highest BCUT2D eigenvalue weighted by Gasteiger charge is 2.11. The highest BCUT2D eigenvalue weighted by atomic mass is 16.1. The number of nitrogen functional groups attached to an aromatic ring is 1. The number of aryl methyl sites for hydroxylation is 1. The number of nitrogens with one attached hydrogen (secondary N) is 1. The summed E-state index contributed by atoms with van der Waals surface area (Å²) < 4.78 is 1.80. The van der Waals surface area contributed by atoms with Crippen molar-refractivity contribution in [1.29, 1.82) is 0 Å². The molecule has 1 amide bonds. The molecule has 2 rings (SSSR count). The minimum absolute atomic E-state index is 0.131. The number of carbonyl (C=O) groups is 1. The van der Waals surface area contributed by atoms with E-state index < -0.39 is 0 Å². The van der Waals surface area contributed by atoms with Gasteiger partial charge in [0.1, 0.15) is 5.82 Å². The van der Waals surface area contributed by atoms with E-state index in [2.05, 4.69) is 15.4 Å². The van der Waals surface area contributed by atoms with Crippen LogP contribution in [0.1, 0.15) is 41.5 Å². The van der Waals surface area contributed by atoms with Gasteiger partial charge in [-0.25, -0.2) is 4.98 Å². The SMILES string of the molecule is CC(C)c1cc(C(=O)NCCc2ccnn2C)cc(N)n1. The van der Waals surface area contributed by atoms with Gasteiger partial charge in [-0.2, -0.15) is 5.10 Å². The monoisotopic (exact) mass is 287 g/mol. The van der Waals surface area contributed by atoms with Gasteiger partial charge in [0.15, 0.2) is 0 Å². The summed E-state index contributed by atoms with van der Waals surface area (Å²) in [7, 11) is 1.88. The van der Waals surface area contributed by atoms with E-state index in [4.69, 9.17) is 5.73 Å². The lowest BCUT2D eigenvalue weighted by molar-refractivity contribution is 0.0953. The Hall–Kier alpha value is -2.37. The lowest BCUT2D eigenvalue weighted by Crippen LogP contribution is -2.26. The lowest BCUT2D eigenvalue weighted by atomic mass is 10.1. The molecule has 0 aliphatic heterocycles. The summed E-state index contributed by atoms with van der Waals surface area (Å²) in [5, 5.41) is 6.99. The van der Waals surface area contributed by atoms with Gasteiger partial charge in [0.2, 0.25) is 0 Å². The highest BCUT2D eigenvalue weighted by molar-refractivity contribution is 5.94. The zero-order valence-electron chi connectivity index (χ0n) is 12.6. The summed E-state index contributed by atoms with van der Waals surface area (Å²) in [6.07, 6.45) is 2.48. The second kappa shape index (κ2) is 6.39. The predicted octanol–water partition coefficient (Wildman–Crippen LogP) is 1.49. The first-order valence-electron chi connectivity index (χ1n) is 7.00. The number of anilines is 1. The minimum atomic E-state index is -0.131. The first-order chi connectivity index (χ1) is 9.97. The fourth-order valence-corrected chi connectivity index (χ4v) is 2.05. The molecule has 112 valence electrons. The maximum absolute atomic E-state index is 12.2. The molecular formula is C15H21N5O. The molecule has 6 nitrogen and oxygen atoms in total. The third-order valence-electron chi connectivity index (χ3n) is 3.31. The first-order valence-corrected chi connectivity index (χ1v) is 7.00. The molecule has 0 bridgehead atoms. The molecule has 2 heterocycles. The predicted molar refractivity (Wildman–Crippen MR) is 82.0 cm³/mol. The zero-order chi connectivity index (χ0) is 15.4. The van der Waals surface area contributed by atoms with Gasteiger partial charge >= 0.3 is 0 Å². The molecule has 0 aromatic carbocycles. The van der Waals surface area contributed by atoms with Crippen molar-refractivity contribution in [2.75, 3.05) is 12.3 Å². The molecule has 2 aromatic heterocycles. The van der Waals surface area contributed by atoms with Crippen molar-refractivity contribution in [3.63, 3.8) is 0 Å². The van der Waals surface area contributed by atoms with Gasteiger partial charge in [-0.05, 0) is 24.1 Å². The molecule has 21 heavy (non-hydrogen) atoms. The molecule has 0 aliphatic rings. The van der Waals surface area contributed by atoms with Crippen molar-refractivity contribution in [2.45, 2.75) is 26.2 Å². The van der Waals surface area contributed by atoms with Gasteiger partial charge in [-0.3, -0.25) is 9.48 Å². The van der Waals surface area contributed by atoms with E-state index in [-0.39, 0.29) is 11.8 Å². The standard InChI is InChI=1S/C15H21N5O/c1-10(2)13-8-11(9-14(16)19-13)15(21)17-6-4-12-5-7-18-20(12)3/h5,7-10H,4,6H2,1-3H3,(H2,16,19)(H,17,21). The first kappa shape index (κ1) is 15.0. The molecule has 6 heteroatoms. The number of pyridine rings is 1. The largest absolute Gasteiger partial charge is 0.384 e. The van der Waals surface area contributed by atoms with E-state index in [0.29, 0.717) is 17.9 Å². The summed E-state index contributed by atoms with van der Waals surface area (Å²) in [5.41, 5.74) is 8.21. The number of nitrogens with two attached hydrogens (primary N) is 1. The van der Waals surface area contributed by atoms with Gasteiger partial charge < -0.3 is 11.1 Å². The van der Waals surface area contributed by atoms with E-state index in [1.54, 1.807) is 23.0 Å². The molecule has 0 fully saturated rings. The van der Waals surface area contributed by atoms with Gasteiger partial charge in [-0.15, -0.1) is 0 Å². The van der Waals surface area contributed by atoms with Gasteiger partial charge in [0, 0.05) is 43.2 Å². The number of amides is 1. The molecule has 0 saturated heterocycles. The van der Waals surface area contributed by atoms with E-state index >= 15 is 0 Å². The molecule has 0 saturated carbocycles. The summed E-state index contributed by atoms with van der Waals surface area (Å²) in [6, 6.07) is 5.33. The normalized spacial score (nSPS) is 10.9. The van der Waals surface area contributed by atoms with Crippen LogP contribution in [0.15, 0.2) is 24.4 Å². The van der Waals surface area contributed by atoms with Crippen molar-refractivity contribution >= 4 is 11.7 Å². The van der Waals surface area contributed by atoms with Crippen molar-refractivity contribution in [1.82, 2.24) is 20.1 Å². The van der Waals surface area contributed by atoms with E-state index in [1.165, 1.54) is 0 Å². The number of aromatic nitrogens is 3. The molecular weight excluding hydrogens is 266 g/mol. The Morgan fingerprint density at radius 1 is 1.43 bits per heavy atom. The number of carbonyl (C=O) groups excluding carboxylic acids is 1. The topological polar surface area (TPSA) is 85.8 Å². The van der Waals surface area contributed by atoms with Crippen LogP contribution in [0.5, 0.6) is 0 Å². The van der Waals surface area contributed by atoms with Gasteiger partial charge in [-0.1, -0.05) is 13.8 Å². The van der Waals surface area contributed by atoms with Crippen LogP contribution in [0.25, 0.3) is 0 Å². The average molecular weight is 287 g/mol. The molecule has 3 N–H and O–H groups in total. The van der Waals surface area contributed by atoms with Crippen LogP contribution in [0.2, 0.25) is 0 Å². The van der Waals surface area contributed by atoms with Crippen LogP contribution in [0.4, 0.5) is 5.82 Å².